The maximum absolute atomic E-state index is 13.1. The van der Waals surface area contributed by atoms with Crippen molar-refractivity contribution in [3.05, 3.63) is 143 Å². The molecule has 0 unspecified atom stereocenters. The molecule has 0 aliphatic rings. The number of ether oxygens (including phenoxy) is 1. The van der Waals surface area contributed by atoms with Gasteiger partial charge < -0.3 is 26.1 Å². The van der Waals surface area contributed by atoms with Gasteiger partial charge in [-0.25, -0.2) is 9.78 Å². The Hall–Kier alpha value is -3.47. The molecule has 0 amide bonds. The third-order valence-electron chi connectivity index (χ3n) is 7.20. The van der Waals surface area contributed by atoms with Crippen molar-refractivity contribution in [3.63, 3.8) is 0 Å². The van der Waals surface area contributed by atoms with Crippen LogP contribution in [-0.2, 0) is 4.74 Å². The number of hydrogen-bond acceptors (Lipinski definition) is 4. The zero-order valence-corrected chi connectivity index (χ0v) is 27.0. The molecule has 0 aliphatic heterocycles. The molecule has 0 bridgehead atoms. The van der Waals surface area contributed by atoms with Crippen molar-refractivity contribution in [2.24, 2.45) is 0 Å². The van der Waals surface area contributed by atoms with E-state index in [1.165, 1.54) is 15.9 Å². The van der Waals surface area contributed by atoms with Crippen LogP contribution in [-0.4, -0.2) is 23.7 Å². The van der Waals surface area contributed by atoms with Gasteiger partial charge in [0.2, 0.25) is 5.89 Å². The lowest BCUT2D eigenvalue weighted by molar-refractivity contribution is -0.0000262. The number of oxazole rings is 1. The molecule has 0 atom stereocenters. The molecule has 216 valence electrons. The highest BCUT2D eigenvalue weighted by Gasteiger charge is 2.44. The third kappa shape index (κ3) is 6.71. The molecule has 8 heteroatoms. The predicted octanol–water partition coefficient (Wildman–Crippen LogP) is 5.35. The lowest BCUT2D eigenvalue weighted by atomic mass is 10.2. The minimum absolute atomic E-state index is 0. The molecule has 6 rings (SSSR count). The van der Waals surface area contributed by atoms with E-state index in [1.807, 2.05) is 0 Å². The monoisotopic (exact) mass is 689 g/mol. The molecule has 4 nitrogen and oxygen atoms in total. The van der Waals surface area contributed by atoms with Crippen molar-refractivity contribution < 1.29 is 30.9 Å². The number of esters is 1. The van der Waals surface area contributed by atoms with E-state index in [9.17, 15) is 4.79 Å². The first-order chi connectivity index (χ1) is 20.5. The number of aromatic nitrogens is 1. The molecule has 0 saturated heterocycles. The summed E-state index contributed by atoms with van der Waals surface area (Å²) >= 11 is 12.3. The molecular weight excluding hydrogens is 664 g/mol. The second kappa shape index (κ2) is 13.9. The van der Waals surface area contributed by atoms with Crippen LogP contribution in [0.1, 0.15) is 16.8 Å². The number of halogens is 3. The fourth-order valence-corrected chi connectivity index (χ4v) is 10.1. The van der Waals surface area contributed by atoms with Crippen LogP contribution < -0.4 is 32.9 Å². The number of hydrogen-bond donors (Lipinski definition) is 0. The second-order valence-corrected chi connectivity index (χ2v) is 14.4. The van der Waals surface area contributed by atoms with Gasteiger partial charge in [0.25, 0.3) is 0 Å². The third-order valence-corrected chi connectivity index (χ3v) is 12.2. The van der Waals surface area contributed by atoms with Crippen molar-refractivity contribution in [2.75, 3.05) is 12.8 Å². The Kier molecular flexibility index (Phi) is 10.00. The van der Waals surface area contributed by atoms with Crippen LogP contribution in [0.4, 0.5) is 0 Å². The lowest BCUT2D eigenvalue weighted by Gasteiger charge is -2.27. The lowest BCUT2D eigenvalue weighted by Crippen LogP contribution is -3.00. The van der Waals surface area contributed by atoms with Gasteiger partial charge in [-0.15, -0.1) is 0 Å². The quantitative estimate of drug-likeness (QED) is 0.117. The summed E-state index contributed by atoms with van der Waals surface area (Å²) in [6.07, 6.45) is 1.58. The second-order valence-electron chi connectivity index (χ2n) is 9.89. The molecule has 1 heterocycles. The molecule has 0 fully saturated rings. The van der Waals surface area contributed by atoms with E-state index in [4.69, 9.17) is 32.4 Å². The Balaban J connectivity index is 0.00000368. The minimum atomic E-state index is -1.98. The number of rotatable bonds is 9. The number of carbonyl (C=O) groups is 1. The fourth-order valence-electron chi connectivity index (χ4n) is 5.28. The van der Waals surface area contributed by atoms with Gasteiger partial charge in [-0.05, 0) is 72.8 Å². The maximum atomic E-state index is 13.1. The molecular formula is C35H27BrCl2NO3P. The van der Waals surface area contributed by atoms with Crippen LogP contribution in [0.5, 0.6) is 0 Å². The van der Waals surface area contributed by atoms with Crippen LogP contribution in [0.2, 0.25) is 10.0 Å². The zero-order chi connectivity index (χ0) is 28.9. The van der Waals surface area contributed by atoms with Gasteiger partial charge in [0.1, 0.15) is 28.7 Å². The number of carbonyl (C=O) groups excluding carboxylic acids is 1. The Morgan fingerprint density at radius 1 is 0.721 bits per heavy atom. The summed E-state index contributed by atoms with van der Waals surface area (Å²) < 4.78 is 11.7. The predicted molar refractivity (Wildman–Crippen MR) is 174 cm³/mol. The summed E-state index contributed by atoms with van der Waals surface area (Å²) in [6, 6.07) is 42.3. The van der Waals surface area contributed by atoms with E-state index in [-0.39, 0.29) is 17.0 Å². The van der Waals surface area contributed by atoms with E-state index in [0.29, 0.717) is 51.2 Å². The standard InChI is InChI=1S/C35H27Cl2NO3P.BrH/c36-27-21-26(22-28(37)24-27)34-38-32-18-17-25(23-33(32)41-34)35(39)40-19-10-20-42(29-11-4-1-5-12-29,30-13-6-2-7-14-30)31-15-8-3-9-16-31;/h1-9,11-18,21-24H,10,19-20H2;1H/q+1;/p-1. The van der Waals surface area contributed by atoms with E-state index >= 15 is 0 Å². The van der Waals surface area contributed by atoms with Crippen molar-refractivity contribution in [3.8, 4) is 11.5 Å². The van der Waals surface area contributed by atoms with Crippen LogP contribution in [0.3, 0.4) is 0 Å². The fraction of sp³-hybridized carbons (Fsp3) is 0.0857. The summed E-state index contributed by atoms with van der Waals surface area (Å²) in [5.74, 6) is -0.0216. The van der Waals surface area contributed by atoms with Crippen molar-refractivity contribution in [2.45, 2.75) is 6.42 Å². The number of benzene rings is 5. The van der Waals surface area contributed by atoms with Gasteiger partial charge in [0.15, 0.2) is 5.58 Å². The zero-order valence-electron chi connectivity index (χ0n) is 23.0. The Morgan fingerprint density at radius 2 is 1.26 bits per heavy atom. The normalized spacial score (nSPS) is 11.2. The average molecular weight is 691 g/mol. The molecule has 5 aromatic carbocycles. The largest absolute Gasteiger partial charge is 1.00 e. The van der Waals surface area contributed by atoms with E-state index in [2.05, 4.69) is 96.0 Å². The van der Waals surface area contributed by atoms with Crippen molar-refractivity contribution in [1.29, 1.82) is 0 Å². The highest BCUT2D eigenvalue weighted by atomic mass is 79.9. The number of fused-ring (bicyclic) bond motifs is 1. The molecule has 1 aromatic heterocycles. The van der Waals surface area contributed by atoms with Crippen molar-refractivity contribution in [1.82, 2.24) is 4.98 Å². The molecule has 0 radical (unpaired) electrons. The van der Waals surface area contributed by atoms with Crippen LogP contribution in [0.15, 0.2) is 132 Å². The topological polar surface area (TPSA) is 52.3 Å². The van der Waals surface area contributed by atoms with Gasteiger partial charge in [-0.2, -0.15) is 0 Å². The summed E-state index contributed by atoms with van der Waals surface area (Å²) in [7, 11) is -1.98. The molecule has 6 aromatic rings. The van der Waals surface area contributed by atoms with Crippen molar-refractivity contribution >= 4 is 63.4 Å². The molecule has 0 spiro atoms. The van der Waals surface area contributed by atoms with Gasteiger partial charge in [-0.1, -0.05) is 77.8 Å². The molecule has 43 heavy (non-hydrogen) atoms. The smallest absolute Gasteiger partial charge is 0.338 e. The van der Waals surface area contributed by atoms with E-state index < -0.39 is 13.2 Å². The first kappa shape index (κ1) is 31.0. The van der Waals surface area contributed by atoms with Gasteiger partial charge >= 0.3 is 5.97 Å². The van der Waals surface area contributed by atoms with Gasteiger partial charge in [0, 0.05) is 22.0 Å². The Morgan fingerprint density at radius 3 is 1.79 bits per heavy atom. The summed E-state index contributed by atoms with van der Waals surface area (Å²) in [5.41, 5.74) is 2.18. The average Bonchev–Trinajstić information content (AvgIpc) is 3.46. The van der Waals surface area contributed by atoms with Crippen LogP contribution in [0, 0.1) is 0 Å². The van der Waals surface area contributed by atoms with Crippen LogP contribution in [0.25, 0.3) is 22.6 Å². The molecule has 0 aliphatic carbocycles. The summed E-state index contributed by atoms with van der Waals surface area (Å²) in [5, 5.41) is 4.90. The maximum Gasteiger partial charge on any atom is 0.338 e. The van der Waals surface area contributed by atoms with E-state index in [1.54, 1.807) is 36.4 Å². The first-order valence-electron chi connectivity index (χ1n) is 13.6. The highest BCUT2D eigenvalue weighted by Crippen LogP contribution is 2.55. The summed E-state index contributed by atoms with van der Waals surface area (Å²) in [6.45, 7) is 0.299. The molecule has 0 N–H and O–H groups in total. The van der Waals surface area contributed by atoms with E-state index in [0.717, 1.165) is 6.16 Å². The van der Waals surface area contributed by atoms with Crippen LogP contribution >= 0.6 is 30.5 Å². The minimum Gasteiger partial charge on any atom is -1.00 e. The first-order valence-corrected chi connectivity index (χ1v) is 16.3. The Bertz CT molecular complexity index is 1720. The molecule has 0 saturated carbocycles. The Labute approximate surface area is 271 Å². The van der Waals surface area contributed by atoms with Gasteiger partial charge in [0.05, 0.1) is 18.3 Å². The summed E-state index contributed by atoms with van der Waals surface area (Å²) in [4.78, 5) is 17.6. The highest BCUT2D eigenvalue weighted by molar-refractivity contribution is 7.95. The van der Waals surface area contributed by atoms with Gasteiger partial charge in [-0.3, -0.25) is 0 Å². The number of nitrogens with zero attached hydrogens (tertiary/aromatic N) is 1. The SMILES string of the molecule is O=C(OCCC[P+](c1ccccc1)(c1ccccc1)c1ccccc1)c1ccc2nc(-c3cc(Cl)cc(Cl)c3)oc2c1.[Br-].